The zero-order valence-corrected chi connectivity index (χ0v) is 20.8. The van der Waals surface area contributed by atoms with Crippen molar-refractivity contribution < 1.29 is 9.53 Å². The predicted molar refractivity (Wildman–Crippen MR) is 131 cm³/mol. The van der Waals surface area contributed by atoms with E-state index in [2.05, 4.69) is 46.5 Å². The van der Waals surface area contributed by atoms with Crippen molar-refractivity contribution in [2.24, 2.45) is 4.99 Å². The fraction of sp³-hybridized carbons (Fsp3) is 0.636. The molecule has 0 saturated carbocycles. The quantitative estimate of drug-likeness (QED) is 0.322. The number of guanidine groups is 1. The van der Waals surface area contributed by atoms with Gasteiger partial charge in [-0.1, -0.05) is 24.3 Å². The molecule has 2 aliphatic heterocycles. The van der Waals surface area contributed by atoms with Crippen LogP contribution in [0, 0.1) is 0 Å². The van der Waals surface area contributed by atoms with E-state index in [0.717, 1.165) is 51.8 Å². The van der Waals surface area contributed by atoms with Crippen molar-refractivity contribution in [2.45, 2.75) is 45.3 Å². The first-order chi connectivity index (χ1) is 14.0. The van der Waals surface area contributed by atoms with Crippen LogP contribution in [0.15, 0.2) is 29.3 Å². The van der Waals surface area contributed by atoms with Gasteiger partial charge in [0.1, 0.15) is 0 Å². The number of likely N-dealkylation sites (tertiary alicyclic amines) is 1. The Balaban J connectivity index is 0.00000320. The summed E-state index contributed by atoms with van der Waals surface area (Å²) in [6.45, 7) is 11.0. The highest BCUT2D eigenvalue weighted by Gasteiger charge is 2.28. The van der Waals surface area contributed by atoms with E-state index in [0.29, 0.717) is 19.5 Å². The third kappa shape index (κ3) is 6.81. The van der Waals surface area contributed by atoms with E-state index in [1.54, 1.807) is 7.05 Å². The summed E-state index contributed by atoms with van der Waals surface area (Å²) in [7, 11) is 1.80. The van der Waals surface area contributed by atoms with Crippen LogP contribution in [0.2, 0.25) is 0 Å². The molecule has 0 aromatic heterocycles. The molecule has 0 unspecified atom stereocenters. The molecule has 0 bridgehead atoms. The van der Waals surface area contributed by atoms with Crippen molar-refractivity contribution in [1.82, 2.24) is 20.4 Å². The first-order valence-electron chi connectivity index (χ1n) is 10.6. The Morgan fingerprint density at radius 1 is 1.13 bits per heavy atom. The standard InChI is InChI=1S/C22H35N5O2.HI/c1-22(2,27-11-13-29-14-12-27)17-25-21(23-3)24-15-18-7-4-5-8-19(18)16-26-10-6-9-20(26)28;/h4-5,7-8H,6,9-17H2,1-3H3,(H2,23,24,25);1H. The number of morpholine rings is 1. The number of hydrogen-bond acceptors (Lipinski definition) is 4. The van der Waals surface area contributed by atoms with Crippen molar-refractivity contribution >= 4 is 35.8 Å². The SMILES string of the molecule is CN=C(NCc1ccccc1CN1CCCC1=O)NCC(C)(C)N1CCOCC1.I. The average molecular weight is 529 g/mol. The van der Waals surface area contributed by atoms with Gasteiger partial charge in [-0.05, 0) is 31.4 Å². The number of carbonyl (C=O) groups excluding carboxylic acids is 1. The number of nitrogens with zero attached hydrogens (tertiary/aromatic N) is 3. The highest BCUT2D eigenvalue weighted by atomic mass is 127. The summed E-state index contributed by atoms with van der Waals surface area (Å²) >= 11 is 0. The summed E-state index contributed by atoms with van der Waals surface area (Å²) in [4.78, 5) is 20.8. The van der Waals surface area contributed by atoms with Gasteiger partial charge in [0.15, 0.2) is 5.96 Å². The van der Waals surface area contributed by atoms with Crippen molar-refractivity contribution in [3.8, 4) is 0 Å². The number of benzene rings is 1. The van der Waals surface area contributed by atoms with E-state index in [4.69, 9.17) is 4.74 Å². The van der Waals surface area contributed by atoms with Gasteiger partial charge in [0.05, 0.1) is 13.2 Å². The van der Waals surface area contributed by atoms with Gasteiger partial charge in [-0.25, -0.2) is 0 Å². The van der Waals surface area contributed by atoms with Crippen LogP contribution < -0.4 is 10.6 Å². The number of rotatable bonds is 7. The topological polar surface area (TPSA) is 69.2 Å². The maximum absolute atomic E-state index is 12.0. The fourth-order valence-electron chi connectivity index (χ4n) is 3.94. The predicted octanol–water partition coefficient (Wildman–Crippen LogP) is 2.20. The molecule has 0 radical (unpaired) electrons. The molecular weight excluding hydrogens is 493 g/mol. The molecule has 1 amide bonds. The van der Waals surface area contributed by atoms with E-state index in [1.165, 1.54) is 11.1 Å². The van der Waals surface area contributed by atoms with Gasteiger partial charge in [0.25, 0.3) is 0 Å². The second-order valence-corrected chi connectivity index (χ2v) is 8.38. The van der Waals surface area contributed by atoms with Crippen LogP contribution in [0.1, 0.15) is 37.8 Å². The molecule has 0 spiro atoms. The third-order valence-corrected chi connectivity index (χ3v) is 5.88. The van der Waals surface area contributed by atoms with Crippen LogP contribution in [0.4, 0.5) is 0 Å². The minimum atomic E-state index is 0. The monoisotopic (exact) mass is 529 g/mol. The van der Waals surface area contributed by atoms with Gasteiger partial charge in [-0.15, -0.1) is 24.0 Å². The lowest BCUT2D eigenvalue weighted by Crippen LogP contribution is -2.56. The lowest BCUT2D eigenvalue weighted by atomic mass is 10.0. The van der Waals surface area contributed by atoms with Crippen molar-refractivity contribution in [3.05, 3.63) is 35.4 Å². The summed E-state index contributed by atoms with van der Waals surface area (Å²) in [5, 5.41) is 6.90. The van der Waals surface area contributed by atoms with E-state index in [1.807, 2.05) is 17.0 Å². The summed E-state index contributed by atoms with van der Waals surface area (Å²) in [5.41, 5.74) is 2.41. The number of nitrogens with one attached hydrogen (secondary N) is 2. The van der Waals surface area contributed by atoms with Crippen LogP contribution in [0.5, 0.6) is 0 Å². The lowest BCUT2D eigenvalue weighted by Gasteiger charge is -2.41. The molecule has 2 saturated heterocycles. The summed E-state index contributed by atoms with van der Waals surface area (Å²) in [5.74, 6) is 1.05. The largest absolute Gasteiger partial charge is 0.379 e. The fourth-order valence-corrected chi connectivity index (χ4v) is 3.94. The number of aliphatic imine (C=N–C) groups is 1. The first kappa shape index (κ1) is 24.9. The molecule has 30 heavy (non-hydrogen) atoms. The molecule has 2 N–H and O–H groups in total. The normalized spacial score (nSPS) is 18.3. The number of halogens is 1. The van der Waals surface area contributed by atoms with Crippen LogP contribution in [-0.4, -0.2) is 73.6 Å². The molecule has 0 atom stereocenters. The second kappa shape index (κ2) is 11.9. The van der Waals surface area contributed by atoms with Crippen LogP contribution in [0.25, 0.3) is 0 Å². The van der Waals surface area contributed by atoms with Gasteiger partial charge in [0, 0.05) is 58.3 Å². The third-order valence-electron chi connectivity index (χ3n) is 5.88. The number of amides is 1. The highest BCUT2D eigenvalue weighted by Crippen LogP contribution is 2.17. The Morgan fingerprint density at radius 3 is 2.47 bits per heavy atom. The van der Waals surface area contributed by atoms with Crippen molar-refractivity contribution in [2.75, 3.05) is 46.4 Å². The molecule has 3 rings (SSSR count). The van der Waals surface area contributed by atoms with Crippen LogP contribution in [-0.2, 0) is 22.6 Å². The van der Waals surface area contributed by atoms with Crippen molar-refractivity contribution in [3.63, 3.8) is 0 Å². The van der Waals surface area contributed by atoms with Gasteiger partial charge in [-0.2, -0.15) is 0 Å². The number of ether oxygens (including phenoxy) is 1. The van der Waals surface area contributed by atoms with Gasteiger partial charge >= 0.3 is 0 Å². The molecular formula is C22H36IN5O2. The van der Waals surface area contributed by atoms with Crippen molar-refractivity contribution in [1.29, 1.82) is 0 Å². The Morgan fingerprint density at radius 2 is 1.83 bits per heavy atom. The van der Waals surface area contributed by atoms with Gasteiger partial charge < -0.3 is 20.3 Å². The Labute approximate surface area is 197 Å². The van der Waals surface area contributed by atoms with E-state index in [9.17, 15) is 4.79 Å². The molecule has 0 aliphatic carbocycles. The zero-order chi connectivity index (χ0) is 20.7. The maximum atomic E-state index is 12.0. The molecule has 2 aliphatic rings. The number of hydrogen-bond donors (Lipinski definition) is 2. The van der Waals surface area contributed by atoms with Gasteiger partial charge in [0.2, 0.25) is 5.91 Å². The summed E-state index contributed by atoms with van der Waals surface area (Å²) in [6, 6.07) is 8.32. The molecule has 2 fully saturated rings. The lowest BCUT2D eigenvalue weighted by molar-refractivity contribution is -0.128. The minimum Gasteiger partial charge on any atom is -0.379 e. The molecule has 1 aromatic carbocycles. The first-order valence-corrected chi connectivity index (χ1v) is 10.6. The summed E-state index contributed by atoms with van der Waals surface area (Å²) in [6.07, 6.45) is 1.64. The highest BCUT2D eigenvalue weighted by molar-refractivity contribution is 14.0. The molecule has 2 heterocycles. The van der Waals surface area contributed by atoms with Crippen LogP contribution >= 0.6 is 24.0 Å². The summed E-state index contributed by atoms with van der Waals surface area (Å²) < 4.78 is 5.47. The molecule has 7 nitrogen and oxygen atoms in total. The molecule has 8 heteroatoms. The number of carbonyl (C=O) groups is 1. The van der Waals surface area contributed by atoms with E-state index < -0.39 is 0 Å². The zero-order valence-electron chi connectivity index (χ0n) is 18.4. The Bertz CT molecular complexity index is 719. The van der Waals surface area contributed by atoms with E-state index >= 15 is 0 Å². The minimum absolute atomic E-state index is 0. The van der Waals surface area contributed by atoms with Gasteiger partial charge in [-0.3, -0.25) is 14.7 Å². The average Bonchev–Trinajstić information content (AvgIpc) is 3.14. The van der Waals surface area contributed by atoms with E-state index in [-0.39, 0.29) is 35.4 Å². The van der Waals surface area contributed by atoms with Crippen LogP contribution in [0.3, 0.4) is 0 Å². The maximum Gasteiger partial charge on any atom is 0.222 e. The Kier molecular flexibility index (Phi) is 9.83. The smallest absolute Gasteiger partial charge is 0.222 e. The second-order valence-electron chi connectivity index (χ2n) is 8.38. The molecule has 1 aromatic rings. The Hall–Kier alpha value is -1.39. The molecule has 168 valence electrons.